The summed E-state index contributed by atoms with van der Waals surface area (Å²) >= 11 is 1.55. The van der Waals surface area contributed by atoms with Crippen molar-refractivity contribution in [3.63, 3.8) is 0 Å². The average molecular weight is 561 g/mol. The van der Waals surface area contributed by atoms with Gasteiger partial charge in [-0.2, -0.15) is 4.98 Å². The normalized spacial score (nSPS) is 24.2. The molecule has 12 heteroatoms. The fraction of sp³-hybridized carbons (Fsp3) is 0.615. The third kappa shape index (κ3) is 5.63. The van der Waals surface area contributed by atoms with Gasteiger partial charge in [0.1, 0.15) is 32.3 Å². The molecule has 2 fully saturated rings. The lowest BCUT2D eigenvalue weighted by molar-refractivity contribution is 0.0216. The molecular formula is C26H36N6O4S2. The standard InChI is InChI=1S/C26H36N6O4S2/c1-6-26(3,4)32-25-28-13(2)18(24-30-20-17(37-24)9-10-27-19(20)14-7-8-14)23(31-25)29-16-11-15(12-38(5,35)36)21(33)22(16)34/h9-10,14-16,21-22,33-34H,6-8,11-12H2,1-5H3,(H2,28,29,31,32)/t15-,16?,21-,22+/m1/s1. The number of hydrogen-bond acceptors (Lipinski definition) is 11. The molecule has 2 aliphatic carbocycles. The molecule has 0 radical (unpaired) electrons. The maximum absolute atomic E-state index is 11.9. The topological polar surface area (TPSA) is 150 Å². The Morgan fingerprint density at radius 1 is 1.16 bits per heavy atom. The van der Waals surface area contributed by atoms with Crippen molar-refractivity contribution >= 4 is 43.2 Å². The minimum atomic E-state index is -3.32. The molecular weight excluding hydrogens is 524 g/mol. The van der Waals surface area contributed by atoms with Crippen LogP contribution in [0.4, 0.5) is 11.8 Å². The van der Waals surface area contributed by atoms with Crippen LogP contribution in [-0.2, 0) is 9.84 Å². The Bertz CT molecular complexity index is 1450. The number of hydrogen-bond donors (Lipinski definition) is 4. The van der Waals surface area contributed by atoms with Gasteiger partial charge in [0.05, 0.1) is 39.5 Å². The first-order valence-electron chi connectivity index (χ1n) is 13.1. The third-order valence-corrected chi connectivity index (χ3v) is 9.65. The molecule has 3 aromatic heterocycles. The van der Waals surface area contributed by atoms with Gasteiger partial charge in [-0.25, -0.2) is 18.4 Å². The molecule has 0 aliphatic heterocycles. The van der Waals surface area contributed by atoms with Crippen molar-refractivity contribution in [1.29, 1.82) is 0 Å². The number of aryl methyl sites for hydroxylation is 1. The van der Waals surface area contributed by atoms with E-state index in [1.165, 1.54) is 0 Å². The van der Waals surface area contributed by atoms with E-state index in [1.807, 2.05) is 19.2 Å². The molecule has 0 amide bonds. The van der Waals surface area contributed by atoms with E-state index in [2.05, 4.69) is 36.4 Å². The van der Waals surface area contributed by atoms with Gasteiger partial charge < -0.3 is 20.8 Å². The van der Waals surface area contributed by atoms with Crippen molar-refractivity contribution in [2.75, 3.05) is 22.6 Å². The number of rotatable bonds is 9. The second kappa shape index (κ2) is 9.96. The van der Waals surface area contributed by atoms with E-state index in [9.17, 15) is 18.6 Å². The zero-order valence-electron chi connectivity index (χ0n) is 22.4. The predicted molar refractivity (Wildman–Crippen MR) is 150 cm³/mol. The predicted octanol–water partition coefficient (Wildman–Crippen LogP) is 3.50. The van der Waals surface area contributed by atoms with Crippen LogP contribution in [-0.4, -0.2) is 74.4 Å². The maximum Gasteiger partial charge on any atom is 0.225 e. The van der Waals surface area contributed by atoms with E-state index in [0.717, 1.165) is 57.7 Å². The molecule has 0 saturated heterocycles. The summed E-state index contributed by atoms with van der Waals surface area (Å²) in [6.45, 7) is 8.13. The summed E-state index contributed by atoms with van der Waals surface area (Å²) in [5, 5.41) is 28.9. The molecule has 0 spiro atoms. The van der Waals surface area contributed by atoms with Crippen LogP contribution >= 0.6 is 11.3 Å². The lowest BCUT2D eigenvalue weighted by atomic mass is 10.0. The van der Waals surface area contributed by atoms with E-state index < -0.39 is 34.0 Å². The quantitative estimate of drug-likeness (QED) is 0.306. The van der Waals surface area contributed by atoms with Crippen LogP contribution in [0.25, 0.3) is 20.8 Å². The van der Waals surface area contributed by atoms with Crippen LogP contribution in [0, 0.1) is 12.8 Å². The molecule has 0 aromatic carbocycles. The first-order valence-corrected chi connectivity index (χ1v) is 16.0. The molecule has 1 unspecified atom stereocenters. The van der Waals surface area contributed by atoms with E-state index in [0.29, 0.717) is 17.7 Å². The Morgan fingerprint density at radius 3 is 2.55 bits per heavy atom. The second-order valence-corrected chi connectivity index (χ2v) is 14.6. The molecule has 206 valence electrons. The molecule has 5 rings (SSSR count). The number of sulfone groups is 1. The number of anilines is 2. The minimum absolute atomic E-state index is 0.189. The van der Waals surface area contributed by atoms with Gasteiger partial charge in [0.25, 0.3) is 0 Å². The lowest BCUT2D eigenvalue weighted by Gasteiger charge is -2.26. The largest absolute Gasteiger partial charge is 0.390 e. The van der Waals surface area contributed by atoms with E-state index >= 15 is 0 Å². The molecule has 3 aromatic rings. The van der Waals surface area contributed by atoms with Gasteiger partial charge in [0.2, 0.25) is 5.95 Å². The van der Waals surface area contributed by atoms with Gasteiger partial charge in [0, 0.05) is 29.8 Å². The number of thiazole rings is 1. The van der Waals surface area contributed by atoms with Crippen molar-refractivity contribution in [3.05, 3.63) is 23.7 Å². The van der Waals surface area contributed by atoms with Crippen molar-refractivity contribution < 1.29 is 18.6 Å². The first-order chi connectivity index (χ1) is 17.8. The Balaban J connectivity index is 1.56. The first kappa shape index (κ1) is 27.2. The van der Waals surface area contributed by atoms with Crippen LogP contribution in [0.1, 0.15) is 63.8 Å². The highest BCUT2D eigenvalue weighted by molar-refractivity contribution is 7.90. The number of nitrogens with zero attached hydrogens (tertiary/aromatic N) is 4. The number of aliphatic hydroxyl groups is 2. The van der Waals surface area contributed by atoms with Crippen LogP contribution in [0.15, 0.2) is 12.3 Å². The van der Waals surface area contributed by atoms with Gasteiger partial charge in [-0.15, -0.1) is 11.3 Å². The number of fused-ring (bicyclic) bond motifs is 1. The van der Waals surface area contributed by atoms with Crippen molar-refractivity contribution in [1.82, 2.24) is 19.9 Å². The highest BCUT2D eigenvalue weighted by Gasteiger charge is 2.43. The van der Waals surface area contributed by atoms with Gasteiger partial charge in [-0.3, -0.25) is 4.98 Å². The molecule has 10 nitrogen and oxygen atoms in total. The number of nitrogens with one attached hydrogen (secondary N) is 2. The monoisotopic (exact) mass is 560 g/mol. The third-order valence-electron chi connectivity index (χ3n) is 7.58. The minimum Gasteiger partial charge on any atom is -0.390 e. The maximum atomic E-state index is 11.9. The van der Waals surface area contributed by atoms with Crippen LogP contribution in [0.3, 0.4) is 0 Å². The SMILES string of the molecule is CCC(C)(C)Nc1nc(C)c(-c2nc3c(C4CC4)nccc3s2)c(NC2C[C@H](CS(C)(=O)=O)[C@@H](O)[C@H]2O)n1. The zero-order chi connectivity index (χ0) is 27.4. The average Bonchev–Trinajstić information content (AvgIpc) is 3.53. The Hall–Kier alpha value is -2.41. The summed E-state index contributed by atoms with van der Waals surface area (Å²) in [6.07, 6.45) is 4.07. The highest BCUT2D eigenvalue weighted by Crippen LogP contribution is 2.44. The molecule has 0 bridgehead atoms. The van der Waals surface area contributed by atoms with Gasteiger partial charge in [-0.05, 0) is 52.5 Å². The zero-order valence-corrected chi connectivity index (χ0v) is 24.0. The summed E-state index contributed by atoms with van der Waals surface area (Å²) in [5.74, 6) is 0.625. The fourth-order valence-electron chi connectivity index (χ4n) is 5.01. The van der Waals surface area contributed by atoms with Gasteiger partial charge in [-0.1, -0.05) is 6.92 Å². The van der Waals surface area contributed by atoms with Crippen molar-refractivity contribution in [2.24, 2.45) is 5.92 Å². The van der Waals surface area contributed by atoms with Crippen molar-refractivity contribution in [2.45, 2.75) is 83.1 Å². The molecule has 4 atom stereocenters. The fourth-order valence-corrected chi connectivity index (χ4v) is 7.19. The molecule has 3 heterocycles. The molecule has 2 saturated carbocycles. The van der Waals surface area contributed by atoms with E-state index in [1.54, 1.807) is 11.3 Å². The molecule has 4 N–H and O–H groups in total. The summed E-state index contributed by atoms with van der Waals surface area (Å²) in [5.41, 5.74) is 3.13. The highest BCUT2D eigenvalue weighted by atomic mass is 32.2. The molecule has 2 aliphatic rings. The van der Waals surface area contributed by atoms with Crippen LogP contribution in [0.5, 0.6) is 0 Å². The van der Waals surface area contributed by atoms with Gasteiger partial charge >= 0.3 is 0 Å². The van der Waals surface area contributed by atoms with Gasteiger partial charge in [0.15, 0.2) is 0 Å². The van der Waals surface area contributed by atoms with Crippen LogP contribution < -0.4 is 10.6 Å². The Kier molecular flexibility index (Phi) is 7.12. The number of pyridine rings is 1. The summed E-state index contributed by atoms with van der Waals surface area (Å²) in [4.78, 5) is 19.1. The summed E-state index contributed by atoms with van der Waals surface area (Å²) in [7, 11) is -3.32. The lowest BCUT2D eigenvalue weighted by Crippen LogP contribution is -2.36. The summed E-state index contributed by atoms with van der Waals surface area (Å²) in [6, 6.07) is 1.38. The Morgan fingerprint density at radius 2 is 1.89 bits per heavy atom. The van der Waals surface area contributed by atoms with Crippen LogP contribution in [0.2, 0.25) is 0 Å². The van der Waals surface area contributed by atoms with Crippen molar-refractivity contribution in [3.8, 4) is 10.6 Å². The number of aliphatic hydroxyl groups excluding tert-OH is 2. The van der Waals surface area contributed by atoms with E-state index in [4.69, 9.17) is 15.0 Å². The Labute approximate surface area is 227 Å². The molecule has 38 heavy (non-hydrogen) atoms. The number of aromatic nitrogens is 4. The second-order valence-electron chi connectivity index (χ2n) is 11.4. The smallest absolute Gasteiger partial charge is 0.225 e. The van der Waals surface area contributed by atoms with E-state index in [-0.39, 0.29) is 17.7 Å². The summed E-state index contributed by atoms with van der Waals surface area (Å²) < 4.78 is 24.9.